The highest BCUT2D eigenvalue weighted by molar-refractivity contribution is 5.75. The molecule has 3 nitrogen and oxygen atoms in total. The van der Waals surface area contributed by atoms with Crippen LogP contribution in [-0.2, 0) is 7.05 Å². The molecule has 0 amide bonds. The third-order valence-corrected chi connectivity index (χ3v) is 3.13. The van der Waals surface area contributed by atoms with E-state index in [4.69, 9.17) is 0 Å². The molecule has 0 aliphatic rings. The first-order valence-corrected chi connectivity index (χ1v) is 5.65. The van der Waals surface area contributed by atoms with Gasteiger partial charge in [0.1, 0.15) is 5.69 Å². The van der Waals surface area contributed by atoms with Gasteiger partial charge in [0.05, 0.1) is 17.8 Å². The average Bonchev–Trinajstić information content (AvgIpc) is 2.68. The van der Waals surface area contributed by atoms with Gasteiger partial charge < -0.3 is 0 Å². The summed E-state index contributed by atoms with van der Waals surface area (Å²) < 4.78 is 4.27. The molecule has 84 valence electrons. The summed E-state index contributed by atoms with van der Waals surface area (Å²) in [4.78, 5) is 4.20. The Morgan fingerprint density at radius 2 is 2.00 bits per heavy atom. The lowest BCUT2D eigenvalue weighted by Crippen LogP contribution is -2.38. The molecule has 3 aromatic rings. The van der Waals surface area contributed by atoms with E-state index in [2.05, 4.69) is 58.8 Å². The average molecular weight is 224 g/mol. The Morgan fingerprint density at radius 3 is 2.76 bits per heavy atom. The molecule has 0 fully saturated rings. The quantitative estimate of drug-likeness (QED) is 0.580. The SMILES string of the molecule is Cc1ccncc1-n1cc2ccccc2[n+]1C. The van der Waals surface area contributed by atoms with Gasteiger partial charge in [0.15, 0.2) is 7.05 Å². The number of aryl methyl sites for hydroxylation is 2. The summed E-state index contributed by atoms with van der Waals surface area (Å²) in [7, 11) is 2.06. The Morgan fingerprint density at radius 1 is 1.18 bits per heavy atom. The minimum Gasteiger partial charge on any atom is -0.262 e. The second-order valence-corrected chi connectivity index (χ2v) is 4.22. The first kappa shape index (κ1) is 10.0. The maximum absolute atomic E-state index is 4.20. The first-order chi connectivity index (χ1) is 8.27. The molecular formula is C14H14N3+. The highest BCUT2D eigenvalue weighted by Crippen LogP contribution is 2.15. The number of rotatable bonds is 1. The summed E-state index contributed by atoms with van der Waals surface area (Å²) in [6, 6.07) is 10.4. The fourth-order valence-corrected chi connectivity index (χ4v) is 2.15. The molecule has 0 radical (unpaired) electrons. The molecule has 0 aliphatic heterocycles. The number of fused-ring (bicyclic) bond motifs is 1. The molecule has 0 saturated heterocycles. The van der Waals surface area contributed by atoms with Crippen molar-refractivity contribution in [2.24, 2.45) is 7.05 Å². The van der Waals surface area contributed by atoms with Crippen LogP contribution in [-0.4, -0.2) is 9.67 Å². The van der Waals surface area contributed by atoms with Crippen molar-refractivity contribution < 1.29 is 4.68 Å². The lowest BCUT2D eigenvalue weighted by atomic mass is 10.2. The molecule has 17 heavy (non-hydrogen) atoms. The van der Waals surface area contributed by atoms with Gasteiger partial charge in [-0.25, -0.2) is 0 Å². The largest absolute Gasteiger partial charge is 0.262 e. The van der Waals surface area contributed by atoms with Crippen molar-refractivity contribution in [1.29, 1.82) is 0 Å². The topological polar surface area (TPSA) is 21.7 Å². The Hall–Kier alpha value is -2.16. The van der Waals surface area contributed by atoms with Gasteiger partial charge >= 0.3 is 0 Å². The van der Waals surface area contributed by atoms with E-state index in [0.717, 1.165) is 5.69 Å². The Balaban J connectivity index is 2.32. The van der Waals surface area contributed by atoms with E-state index in [1.807, 2.05) is 18.5 Å². The van der Waals surface area contributed by atoms with Gasteiger partial charge in [0.2, 0.25) is 5.52 Å². The van der Waals surface area contributed by atoms with E-state index in [0.29, 0.717) is 0 Å². The maximum Gasteiger partial charge on any atom is 0.238 e. The molecule has 0 aliphatic carbocycles. The second-order valence-electron chi connectivity index (χ2n) is 4.22. The predicted octanol–water partition coefficient (Wildman–Crippen LogP) is 2.16. The third-order valence-electron chi connectivity index (χ3n) is 3.13. The van der Waals surface area contributed by atoms with Gasteiger partial charge in [-0.1, -0.05) is 12.1 Å². The van der Waals surface area contributed by atoms with Crippen molar-refractivity contribution in [3.8, 4) is 5.69 Å². The molecule has 3 heteroatoms. The standard InChI is InChI=1S/C14H14N3/c1-11-7-8-15-9-14(11)17-10-12-5-3-4-6-13(12)16(17)2/h3-10H,1-2H3/q+1. The minimum atomic E-state index is 1.12. The zero-order chi connectivity index (χ0) is 11.8. The van der Waals surface area contributed by atoms with E-state index >= 15 is 0 Å². The normalized spacial score (nSPS) is 10.9. The number of hydrogen-bond acceptors (Lipinski definition) is 1. The van der Waals surface area contributed by atoms with Gasteiger partial charge in [-0.15, -0.1) is 9.36 Å². The molecule has 0 N–H and O–H groups in total. The summed E-state index contributed by atoms with van der Waals surface area (Å²) in [6.45, 7) is 2.10. The van der Waals surface area contributed by atoms with Crippen LogP contribution in [0.5, 0.6) is 0 Å². The predicted molar refractivity (Wildman–Crippen MR) is 67.0 cm³/mol. The molecule has 0 spiro atoms. The number of hydrogen-bond donors (Lipinski definition) is 0. The number of nitrogens with zero attached hydrogens (tertiary/aromatic N) is 3. The smallest absolute Gasteiger partial charge is 0.238 e. The van der Waals surface area contributed by atoms with Gasteiger partial charge in [-0.2, -0.15) is 0 Å². The van der Waals surface area contributed by atoms with E-state index < -0.39 is 0 Å². The van der Waals surface area contributed by atoms with Crippen LogP contribution in [0.4, 0.5) is 0 Å². The summed E-state index contributed by atoms with van der Waals surface area (Å²) in [6.07, 6.45) is 5.86. The fraction of sp³-hybridized carbons (Fsp3) is 0.143. The van der Waals surface area contributed by atoms with Crippen molar-refractivity contribution in [3.05, 3.63) is 54.5 Å². The van der Waals surface area contributed by atoms with Crippen molar-refractivity contribution in [3.63, 3.8) is 0 Å². The molecule has 0 atom stereocenters. The van der Waals surface area contributed by atoms with Crippen LogP contribution >= 0.6 is 0 Å². The lowest BCUT2D eigenvalue weighted by molar-refractivity contribution is -0.720. The molecular weight excluding hydrogens is 210 g/mol. The zero-order valence-electron chi connectivity index (χ0n) is 9.96. The van der Waals surface area contributed by atoms with Crippen molar-refractivity contribution in [1.82, 2.24) is 9.67 Å². The van der Waals surface area contributed by atoms with Gasteiger partial charge in [-0.3, -0.25) is 4.98 Å². The molecule has 1 aromatic carbocycles. The van der Waals surface area contributed by atoms with Gasteiger partial charge in [-0.05, 0) is 24.6 Å². The first-order valence-electron chi connectivity index (χ1n) is 5.65. The number of pyridine rings is 1. The van der Waals surface area contributed by atoms with Crippen LogP contribution in [0.1, 0.15) is 5.56 Å². The second kappa shape index (κ2) is 3.70. The van der Waals surface area contributed by atoms with Gasteiger partial charge in [0, 0.05) is 12.3 Å². The van der Waals surface area contributed by atoms with Crippen LogP contribution < -0.4 is 4.68 Å². The lowest BCUT2D eigenvalue weighted by Gasteiger charge is -2.02. The summed E-state index contributed by atoms with van der Waals surface area (Å²) in [5.41, 5.74) is 3.55. The van der Waals surface area contributed by atoms with Crippen LogP contribution in [0, 0.1) is 6.92 Å². The van der Waals surface area contributed by atoms with Crippen LogP contribution in [0.25, 0.3) is 16.6 Å². The van der Waals surface area contributed by atoms with Crippen LogP contribution in [0.3, 0.4) is 0 Å². The monoisotopic (exact) mass is 224 g/mol. The third kappa shape index (κ3) is 1.51. The number of benzene rings is 1. The molecule has 3 rings (SSSR count). The van der Waals surface area contributed by atoms with E-state index in [1.54, 1.807) is 0 Å². The Bertz CT molecular complexity index is 683. The Kier molecular flexibility index (Phi) is 2.18. The van der Waals surface area contributed by atoms with Crippen LogP contribution in [0.15, 0.2) is 48.9 Å². The maximum atomic E-state index is 4.20. The van der Waals surface area contributed by atoms with E-state index in [9.17, 15) is 0 Å². The van der Waals surface area contributed by atoms with E-state index in [-0.39, 0.29) is 0 Å². The molecule has 0 unspecified atom stereocenters. The Labute approximate surface area is 99.9 Å². The highest BCUT2D eigenvalue weighted by Gasteiger charge is 2.14. The molecule has 0 bridgehead atoms. The highest BCUT2D eigenvalue weighted by atomic mass is 15.4. The van der Waals surface area contributed by atoms with E-state index in [1.165, 1.54) is 16.5 Å². The summed E-state index contributed by atoms with van der Waals surface area (Å²) in [5.74, 6) is 0. The van der Waals surface area contributed by atoms with Crippen molar-refractivity contribution in [2.45, 2.75) is 6.92 Å². The van der Waals surface area contributed by atoms with Crippen LogP contribution in [0.2, 0.25) is 0 Å². The molecule has 0 saturated carbocycles. The number of para-hydroxylation sites is 1. The zero-order valence-corrected chi connectivity index (χ0v) is 9.96. The minimum absolute atomic E-state index is 1.12. The van der Waals surface area contributed by atoms with Crippen molar-refractivity contribution >= 4 is 10.9 Å². The molecule has 2 heterocycles. The molecule has 2 aromatic heterocycles. The summed E-state index contributed by atoms with van der Waals surface area (Å²) >= 11 is 0. The number of aromatic nitrogens is 3. The summed E-state index contributed by atoms with van der Waals surface area (Å²) in [5, 5.41) is 1.23. The fourth-order valence-electron chi connectivity index (χ4n) is 2.15. The van der Waals surface area contributed by atoms with Crippen molar-refractivity contribution in [2.75, 3.05) is 0 Å². The van der Waals surface area contributed by atoms with Gasteiger partial charge in [0.25, 0.3) is 0 Å².